The van der Waals surface area contributed by atoms with Crippen LogP contribution in [0.5, 0.6) is 0 Å². The third-order valence-corrected chi connectivity index (χ3v) is 3.68. The highest BCUT2D eigenvalue weighted by atomic mass is 16.5. The molecule has 1 fully saturated rings. The van der Waals surface area contributed by atoms with Crippen LogP contribution in [0, 0.1) is 0 Å². The first kappa shape index (κ1) is 15.0. The molecule has 1 N–H and O–H groups in total. The van der Waals surface area contributed by atoms with E-state index in [4.69, 9.17) is 4.74 Å². The molecule has 1 aliphatic carbocycles. The Balaban J connectivity index is 1.69. The molecule has 2 heteroatoms. The van der Waals surface area contributed by atoms with Crippen molar-refractivity contribution < 1.29 is 4.74 Å². The lowest BCUT2D eigenvalue weighted by Crippen LogP contribution is -2.29. The average Bonchev–Trinajstić information content (AvgIpc) is 2.85. The summed E-state index contributed by atoms with van der Waals surface area (Å²) in [6.45, 7) is 5.16. The van der Waals surface area contributed by atoms with Crippen molar-refractivity contribution in [2.45, 2.75) is 77.2 Å². The van der Waals surface area contributed by atoms with E-state index >= 15 is 0 Å². The van der Waals surface area contributed by atoms with E-state index in [-0.39, 0.29) is 0 Å². The van der Waals surface area contributed by atoms with Crippen molar-refractivity contribution in [3.63, 3.8) is 0 Å². The van der Waals surface area contributed by atoms with Crippen LogP contribution < -0.4 is 5.32 Å². The Labute approximate surface area is 108 Å². The molecule has 0 saturated heterocycles. The van der Waals surface area contributed by atoms with Gasteiger partial charge in [-0.1, -0.05) is 51.9 Å². The molecule has 0 amide bonds. The number of unbranched alkanes of at least 4 members (excludes halogenated alkanes) is 5. The second-order valence-corrected chi connectivity index (χ2v) is 5.32. The highest BCUT2D eigenvalue weighted by molar-refractivity contribution is 4.72. The fourth-order valence-electron chi connectivity index (χ4n) is 2.55. The number of nitrogens with one attached hydrogen (secondary N) is 1. The Hall–Kier alpha value is -0.0800. The lowest BCUT2D eigenvalue weighted by molar-refractivity contribution is 0.129. The van der Waals surface area contributed by atoms with Gasteiger partial charge >= 0.3 is 0 Å². The summed E-state index contributed by atoms with van der Waals surface area (Å²) in [5.74, 6) is 0. The molecule has 17 heavy (non-hydrogen) atoms. The normalized spacial score (nSPS) is 16.8. The molecule has 1 aliphatic rings. The summed E-state index contributed by atoms with van der Waals surface area (Å²) in [5, 5.41) is 3.58. The van der Waals surface area contributed by atoms with Gasteiger partial charge in [-0.25, -0.2) is 0 Å². The highest BCUT2D eigenvalue weighted by Gasteiger charge is 2.12. The number of ether oxygens (including phenoxy) is 1. The molecule has 1 saturated carbocycles. The summed E-state index contributed by atoms with van der Waals surface area (Å²) in [4.78, 5) is 0. The van der Waals surface area contributed by atoms with E-state index in [9.17, 15) is 0 Å². The van der Waals surface area contributed by atoms with E-state index in [1.54, 1.807) is 0 Å². The molecule has 0 radical (unpaired) electrons. The molecule has 0 aromatic rings. The quantitative estimate of drug-likeness (QED) is 0.554. The van der Waals surface area contributed by atoms with Crippen molar-refractivity contribution in [3.8, 4) is 0 Å². The molecule has 0 aromatic carbocycles. The van der Waals surface area contributed by atoms with Crippen LogP contribution in [0.3, 0.4) is 0 Å². The summed E-state index contributed by atoms with van der Waals surface area (Å²) in [7, 11) is 0. The van der Waals surface area contributed by atoms with Crippen molar-refractivity contribution in [2.75, 3.05) is 19.8 Å². The maximum Gasteiger partial charge on any atom is 0.0590 e. The molecule has 0 aliphatic heterocycles. The van der Waals surface area contributed by atoms with Crippen LogP contribution in [-0.2, 0) is 4.74 Å². The number of rotatable bonds is 11. The SMILES string of the molecule is CCCCCCCCOCCNC1CCCC1. The molecule has 0 aromatic heterocycles. The van der Waals surface area contributed by atoms with Crippen LogP contribution in [-0.4, -0.2) is 25.8 Å². The highest BCUT2D eigenvalue weighted by Crippen LogP contribution is 2.17. The summed E-state index contributed by atoms with van der Waals surface area (Å²) >= 11 is 0. The van der Waals surface area contributed by atoms with E-state index in [2.05, 4.69) is 12.2 Å². The molecule has 0 heterocycles. The van der Waals surface area contributed by atoms with Gasteiger partial charge in [-0.15, -0.1) is 0 Å². The molecule has 0 bridgehead atoms. The summed E-state index contributed by atoms with van der Waals surface area (Å²) in [5.41, 5.74) is 0. The molecule has 0 atom stereocenters. The van der Waals surface area contributed by atoms with Crippen molar-refractivity contribution in [3.05, 3.63) is 0 Å². The fourth-order valence-corrected chi connectivity index (χ4v) is 2.55. The molecular formula is C15H31NO. The second kappa shape index (κ2) is 11.0. The monoisotopic (exact) mass is 241 g/mol. The molecule has 0 unspecified atom stereocenters. The van der Waals surface area contributed by atoms with Gasteiger partial charge < -0.3 is 10.1 Å². The van der Waals surface area contributed by atoms with Gasteiger partial charge in [-0.3, -0.25) is 0 Å². The smallest absolute Gasteiger partial charge is 0.0590 e. The predicted octanol–water partition coefficient (Wildman–Crippen LogP) is 3.90. The minimum Gasteiger partial charge on any atom is -0.380 e. The summed E-state index contributed by atoms with van der Waals surface area (Å²) in [6, 6.07) is 0.785. The van der Waals surface area contributed by atoms with Crippen LogP contribution in [0.15, 0.2) is 0 Å². The van der Waals surface area contributed by atoms with Gasteiger partial charge in [0.25, 0.3) is 0 Å². The molecule has 2 nitrogen and oxygen atoms in total. The molecular weight excluding hydrogens is 210 g/mol. The standard InChI is InChI=1S/C15H31NO/c1-2-3-4-5-6-9-13-17-14-12-16-15-10-7-8-11-15/h15-16H,2-14H2,1H3. The Kier molecular flexibility index (Phi) is 9.72. The van der Waals surface area contributed by atoms with Gasteiger partial charge in [0.05, 0.1) is 6.61 Å². The lowest BCUT2D eigenvalue weighted by atomic mass is 10.1. The Morgan fingerprint density at radius 1 is 0.941 bits per heavy atom. The van der Waals surface area contributed by atoms with E-state index in [0.29, 0.717) is 0 Å². The van der Waals surface area contributed by atoms with Crippen LogP contribution in [0.2, 0.25) is 0 Å². The summed E-state index contributed by atoms with van der Waals surface area (Å²) < 4.78 is 5.64. The van der Waals surface area contributed by atoms with E-state index in [1.165, 1.54) is 64.2 Å². The van der Waals surface area contributed by atoms with Crippen LogP contribution in [0.4, 0.5) is 0 Å². The third kappa shape index (κ3) is 8.62. The second-order valence-electron chi connectivity index (χ2n) is 5.32. The maximum absolute atomic E-state index is 5.64. The van der Waals surface area contributed by atoms with E-state index in [1.807, 2.05) is 0 Å². The van der Waals surface area contributed by atoms with Gasteiger partial charge in [0.15, 0.2) is 0 Å². The zero-order chi connectivity index (χ0) is 12.2. The number of hydrogen-bond donors (Lipinski definition) is 1. The van der Waals surface area contributed by atoms with Gasteiger partial charge in [-0.05, 0) is 19.3 Å². The van der Waals surface area contributed by atoms with Gasteiger partial charge in [0.1, 0.15) is 0 Å². The Morgan fingerprint density at radius 3 is 2.41 bits per heavy atom. The van der Waals surface area contributed by atoms with Crippen LogP contribution in [0.25, 0.3) is 0 Å². The van der Waals surface area contributed by atoms with Crippen LogP contribution in [0.1, 0.15) is 71.1 Å². The molecule has 0 spiro atoms. The first-order valence-electron chi connectivity index (χ1n) is 7.74. The van der Waals surface area contributed by atoms with Crippen molar-refractivity contribution in [1.29, 1.82) is 0 Å². The summed E-state index contributed by atoms with van der Waals surface area (Å²) in [6.07, 6.45) is 13.7. The van der Waals surface area contributed by atoms with Crippen LogP contribution >= 0.6 is 0 Å². The first-order valence-corrected chi connectivity index (χ1v) is 7.74. The van der Waals surface area contributed by atoms with E-state index < -0.39 is 0 Å². The maximum atomic E-state index is 5.64. The minimum absolute atomic E-state index is 0.785. The van der Waals surface area contributed by atoms with Gasteiger partial charge in [-0.2, -0.15) is 0 Å². The predicted molar refractivity (Wildman–Crippen MR) is 74.5 cm³/mol. The Bertz CT molecular complexity index is 155. The first-order chi connectivity index (χ1) is 8.43. The van der Waals surface area contributed by atoms with Crippen molar-refractivity contribution in [2.24, 2.45) is 0 Å². The zero-order valence-corrected chi connectivity index (χ0v) is 11.7. The largest absolute Gasteiger partial charge is 0.380 e. The lowest BCUT2D eigenvalue weighted by Gasteiger charge is -2.11. The fraction of sp³-hybridized carbons (Fsp3) is 1.00. The average molecular weight is 241 g/mol. The Morgan fingerprint density at radius 2 is 1.65 bits per heavy atom. The van der Waals surface area contributed by atoms with Gasteiger partial charge in [0, 0.05) is 19.2 Å². The molecule has 102 valence electrons. The third-order valence-electron chi connectivity index (χ3n) is 3.68. The van der Waals surface area contributed by atoms with Crippen molar-refractivity contribution in [1.82, 2.24) is 5.32 Å². The molecule has 1 rings (SSSR count). The minimum atomic E-state index is 0.785. The van der Waals surface area contributed by atoms with E-state index in [0.717, 1.165) is 25.8 Å². The topological polar surface area (TPSA) is 21.3 Å². The van der Waals surface area contributed by atoms with Crippen molar-refractivity contribution >= 4 is 0 Å². The van der Waals surface area contributed by atoms with Gasteiger partial charge in [0.2, 0.25) is 0 Å². The number of hydrogen-bond acceptors (Lipinski definition) is 2. The zero-order valence-electron chi connectivity index (χ0n) is 11.7.